The minimum absolute atomic E-state index is 0.119. The number of aliphatic imine (C=N–C) groups is 2. The predicted octanol–water partition coefficient (Wildman–Crippen LogP) is 2.97. The van der Waals surface area contributed by atoms with Crippen LogP contribution in [0.3, 0.4) is 0 Å². The van der Waals surface area contributed by atoms with Crippen LogP contribution in [-0.2, 0) is 9.59 Å². The van der Waals surface area contributed by atoms with E-state index in [0.717, 1.165) is 12.0 Å². The molecule has 1 unspecified atom stereocenters. The molecule has 1 atom stereocenters. The maximum Gasteiger partial charge on any atom is 0.235 e. The van der Waals surface area contributed by atoms with Crippen LogP contribution in [0.5, 0.6) is 0 Å². The van der Waals surface area contributed by atoms with Gasteiger partial charge in [0.05, 0.1) is 13.1 Å². The van der Waals surface area contributed by atoms with Gasteiger partial charge < -0.3 is 0 Å². The largest absolute Gasteiger partial charge is 0.235 e. The van der Waals surface area contributed by atoms with Crippen LogP contribution < -0.4 is 0 Å². The van der Waals surface area contributed by atoms with Gasteiger partial charge in [-0.3, -0.25) is 0 Å². The number of thioether (sulfide) groups is 2. The van der Waals surface area contributed by atoms with Crippen molar-refractivity contribution in [2.45, 2.75) is 13.3 Å². The lowest BCUT2D eigenvalue weighted by molar-refractivity contribution is 0.440. The first-order valence-corrected chi connectivity index (χ1v) is 8.62. The molecule has 6 heteroatoms. The molecule has 1 fully saturated rings. The van der Waals surface area contributed by atoms with Gasteiger partial charge in [0.1, 0.15) is 0 Å². The topological polar surface area (TPSA) is 58.9 Å². The lowest BCUT2D eigenvalue weighted by atomic mass is 9.82. The Hall–Kier alpha value is -1.06. The van der Waals surface area contributed by atoms with Crippen molar-refractivity contribution in [1.29, 1.82) is 0 Å². The summed E-state index contributed by atoms with van der Waals surface area (Å²) in [5.41, 5.74) is 0.872. The van der Waals surface area contributed by atoms with Gasteiger partial charge in [-0.05, 0) is 12.0 Å². The zero-order valence-corrected chi connectivity index (χ0v) is 13.1. The van der Waals surface area contributed by atoms with E-state index in [1.54, 1.807) is 0 Å². The molecule has 4 nitrogen and oxygen atoms in total. The third-order valence-corrected chi connectivity index (χ3v) is 5.48. The summed E-state index contributed by atoms with van der Waals surface area (Å²) < 4.78 is 0. The van der Waals surface area contributed by atoms with Crippen LogP contribution in [0.4, 0.5) is 0 Å². The zero-order chi connectivity index (χ0) is 14.7. The maximum atomic E-state index is 10.0. The molecule has 0 saturated carbocycles. The number of isocyanates is 2. The number of hydrogen-bond acceptors (Lipinski definition) is 6. The summed E-state index contributed by atoms with van der Waals surface area (Å²) in [5.74, 6) is 2.76. The number of allylic oxidation sites excluding steroid dienone is 1. The SMILES string of the molecule is C1CSCS1.CC1(CN=C=O)C=CC(CN=C=O)=CC1. The second-order valence-electron chi connectivity index (χ2n) is 4.72. The molecule has 0 aromatic heterocycles. The summed E-state index contributed by atoms with van der Waals surface area (Å²) in [6.45, 7) is 2.82. The summed E-state index contributed by atoms with van der Waals surface area (Å²) in [5, 5.41) is 1.33. The van der Waals surface area contributed by atoms with Gasteiger partial charge in [-0.25, -0.2) is 19.6 Å². The minimum atomic E-state index is -0.119. The van der Waals surface area contributed by atoms with Crippen LogP contribution >= 0.6 is 23.5 Å². The summed E-state index contributed by atoms with van der Waals surface area (Å²) in [6, 6.07) is 0. The number of nitrogens with zero attached hydrogens (tertiary/aromatic N) is 2. The Labute approximate surface area is 127 Å². The van der Waals surface area contributed by atoms with Gasteiger partial charge in [-0.1, -0.05) is 25.2 Å². The first-order valence-electron chi connectivity index (χ1n) is 6.31. The molecule has 1 saturated heterocycles. The van der Waals surface area contributed by atoms with Crippen LogP contribution in [0, 0.1) is 5.41 Å². The average Bonchev–Trinajstić information content (AvgIpc) is 3.04. The molecule has 2 aliphatic rings. The molecule has 20 heavy (non-hydrogen) atoms. The fourth-order valence-corrected chi connectivity index (χ4v) is 4.03. The lowest BCUT2D eigenvalue weighted by Gasteiger charge is -2.24. The first-order chi connectivity index (χ1) is 9.70. The van der Waals surface area contributed by atoms with Gasteiger partial charge in [0.15, 0.2) is 0 Å². The standard InChI is InChI=1S/C11H12N2O2.C3H6S2/c1-11(7-13-9-15)4-2-10(3-5-11)6-12-8-14;1-2-5-3-4-1/h2-4H,5-7H2,1H3;1-3H2. The molecule has 2 rings (SSSR count). The Bertz CT molecular complexity index is 452. The molecular formula is C14H18N2O2S2. The van der Waals surface area contributed by atoms with Crippen molar-refractivity contribution in [3.63, 3.8) is 0 Å². The third kappa shape index (κ3) is 6.92. The van der Waals surface area contributed by atoms with Crippen molar-refractivity contribution in [2.75, 3.05) is 29.7 Å². The van der Waals surface area contributed by atoms with E-state index in [0.29, 0.717) is 13.1 Å². The van der Waals surface area contributed by atoms with Crippen LogP contribution in [0.25, 0.3) is 0 Å². The van der Waals surface area contributed by atoms with E-state index < -0.39 is 0 Å². The van der Waals surface area contributed by atoms with E-state index >= 15 is 0 Å². The highest BCUT2D eigenvalue weighted by Crippen LogP contribution is 2.29. The molecule has 0 spiro atoms. The van der Waals surface area contributed by atoms with Crippen LogP contribution in [0.1, 0.15) is 13.3 Å². The van der Waals surface area contributed by atoms with E-state index in [4.69, 9.17) is 0 Å². The van der Waals surface area contributed by atoms with Crippen LogP contribution in [0.15, 0.2) is 33.8 Å². The van der Waals surface area contributed by atoms with Crippen molar-refractivity contribution < 1.29 is 9.59 Å². The summed E-state index contributed by atoms with van der Waals surface area (Å²) >= 11 is 4.07. The van der Waals surface area contributed by atoms with E-state index in [1.807, 2.05) is 48.7 Å². The van der Waals surface area contributed by atoms with Gasteiger partial charge in [-0.2, -0.15) is 23.5 Å². The molecule has 0 N–H and O–H groups in total. The monoisotopic (exact) mass is 310 g/mol. The van der Waals surface area contributed by atoms with Crippen molar-refractivity contribution in [2.24, 2.45) is 15.4 Å². The fourth-order valence-electron chi connectivity index (χ4n) is 1.67. The highest BCUT2D eigenvalue weighted by atomic mass is 32.2. The summed E-state index contributed by atoms with van der Waals surface area (Å²) in [4.78, 5) is 27.0. The Kier molecular flexibility index (Phi) is 8.31. The third-order valence-electron chi connectivity index (χ3n) is 2.90. The smallest absolute Gasteiger partial charge is 0.211 e. The predicted molar refractivity (Wildman–Crippen MR) is 85.7 cm³/mol. The van der Waals surface area contributed by atoms with E-state index in [-0.39, 0.29) is 5.41 Å². The molecule has 1 aliphatic heterocycles. The van der Waals surface area contributed by atoms with Crippen molar-refractivity contribution in [1.82, 2.24) is 0 Å². The Morgan fingerprint density at radius 2 is 1.95 bits per heavy atom. The average molecular weight is 310 g/mol. The Balaban J connectivity index is 0.000000333. The number of carbonyl (C=O) groups excluding carboxylic acids is 2. The molecular weight excluding hydrogens is 292 g/mol. The number of hydrogen-bond donors (Lipinski definition) is 0. The molecule has 0 radical (unpaired) electrons. The summed E-state index contributed by atoms with van der Waals surface area (Å²) in [6.07, 6.45) is 9.72. The van der Waals surface area contributed by atoms with Gasteiger partial charge in [0, 0.05) is 22.0 Å². The van der Waals surface area contributed by atoms with Gasteiger partial charge >= 0.3 is 0 Å². The highest BCUT2D eigenvalue weighted by molar-refractivity contribution is 8.19. The second kappa shape index (κ2) is 9.78. The maximum absolute atomic E-state index is 10.0. The molecule has 0 bridgehead atoms. The molecule has 0 amide bonds. The van der Waals surface area contributed by atoms with Gasteiger partial charge in [-0.15, -0.1) is 0 Å². The number of rotatable bonds is 4. The van der Waals surface area contributed by atoms with Crippen LogP contribution in [-0.4, -0.2) is 41.8 Å². The molecule has 0 aromatic rings. The summed E-state index contributed by atoms with van der Waals surface area (Å²) in [7, 11) is 0. The van der Waals surface area contributed by atoms with Crippen molar-refractivity contribution in [3.05, 3.63) is 23.8 Å². The van der Waals surface area contributed by atoms with Crippen LogP contribution in [0.2, 0.25) is 0 Å². The van der Waals surface area contributed by atoms with Crippen molar-refractivity contribution >= 4 is 35.7 Å². The quantitative estimate of drug-likeness (QED) is 0.591. The van der Waals surface area contributed by atoms with E-state index in [9.17, 15) is 9.59 Å². The molecule has 1 aliphatic carbocycles. The molecule has 1 heterocycles. The van der Waals surface area contributed by atoms with Gasteiger partial charge in [0.25, 0.3) is 0 Å². The zero-order valence-electron chi connectivity index (χ0n) is 11.5. The second-order valence-corrected chi connectivity index (χ2v) is 7.30. The fraction of sp³-hybridized carbons (Fsp3) is 0.571. The van der Waals surface area contributed by atoms with E-state index in [1.165, 1.54) is 28.8 Å². The first kappa shape index (κ1) is 17.0. The molecule has 0 aromatic carbocycles. The van der Waals surface area contributed by atoms with E-state index in [2.05, 4.69) is 9.98 Å². The Morgan fingerprint density at radius 3 is 2.40 bits per heavy atom. The lowest BCUT2D eigenvalue weighted by Crippen LogP contribution is -2.19. The molecule has 108 valence electrons. The minimum Gasteiger partial charge on any atom is -0.211 e. The Morgan fingerprint density at radius 1 is 1.25 bits per heavy atom. The normalized spacial score (nSPS) is 23.8. The highest BCUT2D eigenvalue weighted by Gasteiger charge is 2.21. The van der Waals surface area contributed by atoms with Crippen molar-refractivity contribution in [3.8, 4) is 0 Å². The van der Waals surface area contributed by atoms with Gasteiger partial charge in [0.2, 0.25) is 12.2 Å².